The highest BCUT2D eigenvalue weighted by molar-refractivity contribution is 5.76. The van der Waals surface area contributed by atoms with Gasteiger partial charge in [-0.3, -0.25) is 9.69 Å². The number of benzene rings is 2. The van der Waals surface area contributed by atoms with E-state index in [1.165, 1.54) is 5.56 Å². The molecule has 2 aliphatic heterocycles. The molecule has 2 aliphatic rings. The average Bonchev–Trinajstić information content (AvgIpc) is 3.20. The van der Waals surface area contributed by atoms with E-state index in [1.807, 2.05) is 36.4 Å². The van der Waals surface area contributed by atoms with Crippen LogP contribution in [0.1, 0.15) is 17.5 Å². The first-order valence-corrected chi connectivity index (χ1v) is 9.90. The van der Waals surface area contributed by atoms with Crippen LogP contribution >= 0.6 is 0 Å². The van der Waals surface area contributed by atoms with Gasteiger partial charge in [0.15, 0.2) is 11.5 Å². The topological polar surface area (TPSA) is 54.0 Å². The van der Waals surface area contributed by atoms with Crippen LogP contribution in [0.15, 0.2) is 48.5 Å². The smallest absolute Gasteiger partial charge is 0.231 e. The molecule has 6 nitrogen and oxygen atoms in total. The molecule has 0 unspecified atom stereocenters. The molecule has 0 spiro atoms. The minimum atomic E-state index is 0.117. The number of amides is 1. The minimum absolute atomic E-state index is 0.117. The van der Waals surface area contributed by atoms with E-state index >= 15 is 0 Å². The first kappa shape index (κ1) is 18.8. The lowest BCUT2D eigenvalue weighted by Crippen LogP contribution is -2.46. The Bertz CT molecular complexity index is 789. The van der Waals surface area contributed by atoms with Crippen LogP contribution in [0.3, 0.4) is 0 Å². The lowest BCUT2D eigenvalue weighted by atomic mass is 10.1. The molecule has 6 heteroatoms. The predicted octanol–water partition coefficient (Wildman–Crippen LogP) is 2.24. The van der Waals surface area contributed by atoms with E-state index in [4.69, 9.17) is 9.47 Å². The Balaban J connectivity index is 1.15. The monoisotopic (exact) mass is 381 g/mol. The summed E-state index contributed by atoms with van der Waals surface area (Å²) in [7, 11) is 0. The Labute approximate surface area is 166 Å². The third-order valence-electron chi connectivity index (χ3n) is 5.30. The number of carbonyl (C=O) groups is 1. The van der Waals surface area contributed by atoms with Crippen LogP contribution in [0.5, 0.6) is 11.5 Å². The average molecular weight is 381 g/mol. The Hall–Kier alpha value is -2.57. The van der Waals surface area contributed by atoms with E-state index < -0.39 is 0 Å². The fraction of sp³-hybridized carbons (Fsp3) is 0.409. The van der Waals surface area contributed by atoms with Crippen molar-refractivity contribution in [1.29, 1.82) is 0 Å². The molecule has 0 atom stereocenters. The second-order valence-electron chi connectivity index (χ2n) is 7.32. The predicted molar refractivity (Wildman–Crippen MR) is 107 cm³/mol. The maximum atomic E-state index is 12.1. The standard InChI is InChI=1S/C22H27N3O3/c26-22(23-15-18-4-2-1-3-5-18)8-9-24-10-12-25(13-11-24)16-19-6-7-20-21(14-19)28-17-27-20/h1-7,14H,8-13,15-17H2,(H,23,26). The highest BCUT2D eigenvalue weighted by Crippen LogP contribution is 2.32. The summed E-state index contributed by atoms with van der Waals surface area (Å²) in [6.45, 7) is 6.67. The van der Waals surface area contributed by atoms with Gasteiger partial charge in [0, 0.05) is 52.2 Å². The van der Waals surface area contributed by atoms with Crippen LogP contribution in [0.4, 0.5) is 0 Å². The molecule has 1 amide bonds. The van der Waals surface area contributed by atoms with Crippen LogP contribution < -0.4 is 14.8 Å². The van der Waals surface area contributed by atoms with Crippen molar-refractivity contribution in [3.05, 3.63) is 59.7 Å². The van der Waals surface area contributed by atoms with Crippen molar-refractivity contribution in [2.24, 2.45) is 0 Å². The van der Waals surface area contributed by atoms with Crippen molar-refractivity contribution in [3.8, 4) is 11.5 Å². The molecular weight excluding hydrogens is 354 g/mol. The molecule has 2 aromatic rings. The molecule has 0 radical (unpaired) electrons. The van der Waals surface area contributed by atoms with Crippen LogP contribution in [-0.4, -0.2) is 55.2 Å². The number of carbonyl (C=O) groups excluding carboxylic acids is 1. The molecule has 148 valence electrons. The Kier molecular flexibility index (Phi) is 6.09. The van der Waals surface area contributed by atoms with Crippen molar-refractivity contribution in [2.75, 3.05) is 39.5 Å². The van der Waals surface area contributed by atoms with Gasteiger partial charge in [-0.25, -0.2) is 0 Å². The van der Waals surface area contributed by atoms with Gasteiger partial charge in [-0.05, 0) is 23.3 Å². The second-order valence-corrected chi connectivity index (χ2v) is 7.32. The summed E-state index contributed by atoms with van der Waals surface area (Å²) in [5.41, 5.74) is 2.38. The van der Waals surface area contributed by atoms with Gasteiger partial charge < -0.3 is 19.7 Å². The zero-order chi connectivity index (χ0) is 19.2. The van der Waals surface area contributed by atoms with E-state index in [0.29, 0.717) is 19.8 Å². The van der Waals surface area contributed by atoms with Crippen LogP contribution in [0, 0.1) is 0 Å². The fourth-order valence-electron chi connectivity index (χ4n) is 3.61. The molecule has 0 aromatic heterocycles. The fourth-order valence-corrected chi connectivity index (χ4v) is 3.61. The number of nitrogens with zero attached hydrogens (tertiary/aromatic N) is 2. The number of hydrogen-bond acceptors (Lipinski definition) is 5. The number of hydrogen-bond donors (Lipinski definition) is 1. The molecule has 1 fully saturated rings. The highest BCUT2D eigenvalue weighted by atomic mass is 16.7. The van der Waals surface area contributed by atoms with Gasteiger partial charge in [0.05, 0.1) is 0 Å². The summed E-state index contributed by atoms with van der Waals surface area (Å²) in [5.74, 6) is 1.79. The first-order valence-electron chi connectivity index (χ1n) is 9.90. The molecule has 0 aliphatic carbocycles. The van der Waals surface area contributed by atoms with Crippen LogP contribution in [-0.2, 0) is 17.9 Å². The Morgan fingerprint density at radius 3 is 2.46 bits per heavy atom. The molecule has 2 heterocycles. The Morgan fingerprint density at radius 1 is 0.893 bits per heavy atom. The summed E-state index contributed by atoms with van der Waals surface area (Å²) >= 11 is 0. The quantitative estimate of drug-likeness (QED) is 0.797. The van der Waals surface area contributed by atoms with E-state index in [0.717, 1.165) is 56.3 Å². The van der Waals surface area contributed by atoms with Gasteiger partial charge in [-0.2, -0.15) is 0 Å². The third-order valence-corrected chi connectivity index (χ3v) is 5.30. The minimum Gasteiger partial charge on any atom is -0.454 e. The Morgan fingerprint density at radius 2 is 1.64 bits per heavy atom. The summed E-state index contributed by atoms with van der Waals surface area (Å²) in [6, 6.07) is 16.2. The van der Waals surface area contributed by atoms with E-state index in [2.05, 4.69) is 27.2 Å². The van der Waals surface area contributed by atoms with E-state index in [-0.39, 0.29) is 5.91 Å². The number of ether oxygens (including phenoxy) is 2. The summed E-state index contributed by atoms with van der Waals surface area (Å²) in [5, 5.41) is 3.00. The number of rotatable bonds is 7. The van der Waals surface area contributed by atoms with Gasteiger partial charge in [-0.15, -0.1) is 0 Å². The molecule has 28 heavy (non-hydrogen) atoms. The molecule has 4 rings (SSSR count). The molecule has 0 saturated carbocycles. The zero-order valence-corrected chi connectivity index (χ0v) is 16.1. The maximum Gasteiger partial charge on any atom is 0.231 e. The number of nitrogens with one attached hydrogen (secondary N) is 1. The lowest BCUT2D eigenvalue weighted by Gasteiger charge is -2.34. The van der Waals surface area contributed by atoms with Crippen LogP contribution in [0.2, 0.25) is 0 Å². The number of piperazine rings is 1. The van der Waals surface area contributed by atoms with Crippen molar-refractivity contribution < 1.29 is 14.3 Å². The van der Waals surface area contributed by atoms with Gasteiger partial charge in [0.25, 0.3) is 0 Å². The molecule has 1 saturated heterocycles. The summed E-state index contributed by atoms with van der Waals surface area (Å²) in [4.78, 5) is 16.9. The molecular formula is C22H27N3O3. The normalized spacial score (nSPS) is 16.9. The van der Waals surface area contributed by atoms with Crippen molar-refractivity contribution in [1.82, 2.24) is 15.1 Å². The van der Waals surface area contributed by atoms with Gasteiger partial charge in [0.2, 0.25) is 12.7 Å². The SMILES string of the molecule is O=C(CCN1CCN(Cc2ccc3c(c2)OCO3)CC1)NCc1ccccc1. The van der Waals surface area contributed by atoms with Gasteiger partial charge >= 0.3 is 0 Å². The first-order chi connectivity index (χ1) is 13.8. The van der Waals surface area contributed by atoms with Crippen molar-refractivity contribution >= 4 is 5.91 Å². The second kappa shape index (κ2) is 9.08. The van der Waals surface area contributed by atoms with E-state index in [9.17, 15) is 4.79 Å². The van der Waals surface area contributed by atoms with Gasteiger partial charge in [0.1, 0.15) is 0 Å². The summed E-state index contributed by atoms with van der Waals surface area (Å²) in [6.07, 6.45) is 0.551. The third kappa shape index (κ3) is 5.03. The van der Waals surface area contributed by atoms with Gasteiger partial charge in [-0.1, -0.05) is 36.4 Å². The molecule has 1 N–H and O–H groups in total. The number of fused-ring (bicyclic) bond motifs is 1. The molecule has 2 aromatic carbocycles. The highest BCUT2D eigenvalue weighted by Gasteiger charge is 2.19. The van der Waals surface area contributed by atoms with Crippen LogP contribution in [0.25, 0.3) is 0 Å². The maximum absolute atomic E-state index is 12.1. The summed E-state index contributed by atoms with van der Waals surface area (Å²) < 4.78 is 10.8. The zero-order valence-electron chi connectivity index (χ0n) is 16.1. The molecule has 0 bridgehead atoms. The van der Waals surface area contributed by atoms with Crippen molar-refractivity contribution in [2.45, 2.75) is 19.5 Å². The van der Waals surface area contributed by atoms with Crippen molar-refractivity contribution in [3.63, 3.8) is 0 Å². The van der Waals surface area contributed by atoms with E-state index in [1.54, 1.807) is 0 Å². The lowest BCUT2D eigenvalue weighted by molar-refractivity contribution is -0.121. The largest absolute Gasteiger partial charge is 0.454 e.